The highest BCUT2D eigenvalue weighted by atomic mass is 19.1. The van der Waals surface area contributed by atoms with Crippen LogP contribution in [0, 0.1) is 18.6 Å². The summed E-state index contributed by atoms with van der Waals surface area (Å²) in [6.45, 7) is 5.62. The number of aromatic nitrogens is 3. The second-order valence-electron chi connectivity index (χ2n) is 8.37. The van der Waals surface area contributed by atoms with Crippen molar-refractivity contribution < 1.29 is 18.3 Å². The van der Waals surface area contributed by atoms with Crippen LogP contribution < -0.4 is 10.1 Å². The second kappa shape index (κ2) is 8.84. The summed E-state index contributed by atoms with van der Waals surface area (Å²) in [6.07, 6.45) is 3.68. The third-order valence-electron chi connectivity index (χ3n) is 5.76. The van der Waals surface area contributed by atoms with E-state index in [1.807, 2.05) is 25.1 Å². The Morgan fingerprint density at radius 3 is 2.66 bits per heavy atom. The lowest BCUT2D eigenvalue weighted by atomic mass is 10.0. The molecule has 0 bridgehead atoms. The van der Waals surface area contributed by atoms with Crippen molar-refractivity contribution in [3.05, 3.63) is 59.9 Å². The highest BCUT2D eigenvalue weighted by Gasteiger charge is 2.31. The van der Waals surface area contributed by atoms with Crippen molar-refractivity contribution in [3.63, 3.8) is 0 Å². The molecule has 0 saturated carbocycles. The molecule has 3 aromatic rings. The van der Waals surface area contributed by atoms with Crippen LogP contribution in [0.5, 0.6) is 5.75 Å². The Hall–Kier alpha value is -3.04. The zero-order chi connectivity index (χ0) is 22.1. The summed E-state index contributed by atoms with van der Waals surface area (Å²) in [7, 11) is 0. The van der Waals surface area contributed by atoms with Crippen LogP contribution in [0.15, 0.2) is 42.7 Å². The first-order valence-electron chi connectivity index (χ1n) is 10.8. The monoisotopic (exact) mass is 441 g/mol. The zero-order valence-electron chi connectivity index (χ0n) is 17.8. The van der Waals surface area contributed by atoms with Crippen LogP contribution in [0.25, 0.3) is 5.69 Å². The maximum absolute atomic E-state index is 13.5. The van der Waals surface area contributed by atoms with E-state index in [9.17, 15) is 8.78 Å². The van der Waals surface area contributed by atoms with Crippen molar-refractivity contribution in [3.8, 4) is 11.4 Å². The van der Waals surface area contributed by atoms with Gasteiger partial charge in [0, 0.05) is 24.4 Å². The maximum Gasteiger partial charge on any atom is 0.246 e. The Kier molecular flexibility index (Phi) is 5.75. The van der Waals surface area contributed by atoms with E-state index < -0.39 is 11.6 Å². The van der Waals surface area contributed by atoms with E-state index in [4.69, 9.17) is 9.47 Å². The summed E-state index contributed by atoms with van der Waals surface area (Å²) >= 11 is 0. The Morgan fingerprint density at radius 1 is 1.09 bits per heavy atom. The Labute approximate surface area is 185 Å². The number of rotatable bonds is 6. The molecule has 168 valence electrons. The van der Waals surface area contributed by atoms with Gasteiger partial charge in [0.25, 0.3) is 0 Å². The van der Waals surface area contributed by atoms with E-state index in [0.29, 0.717) is 12.0 Å². The number of nitrogens with one attached hydrogen (secondary N) is 1. The topological polar surface area (TPSA) is 64.4 Å². The minimum absolute atomic E-state index is 0.138. The average molecular weight is 441 g/mol. The van der Waals surface area contributed by atoms with Gasteiger partial charge in [0.1, 0.15) is 29.8 Å². The normalized spacial score (nSPS) is 19.5. The van der Waals surface area contributed by atoms with Gasteiger partial charge in [-0.3, -0.25) is 4.90 Å². The van der Waals surface area contributed by atoms with Crippen molar-refractivity contribution in [2.75, 3.05) is 31.6 Å². The number of benzene rings is 2. The number of piperidine rings is 1. The van der Waals surface area contributed by atoms with E-state index in [0.717, 1.165) is 62.2 Å². The summed E-state index contributed by atoms with van der Waals surface area (Å²) in [5.74, 6) is -0.232. The smallest absolute Gasteiger partial charge is 0.246 e. The number of hydrogen-bond acceptors (Lipinski definition) is 6. The van der Waals surface area contributed by atoms with Crippen molar-refractivity contribution >= 4 is 11.6 Å². The van der Waals surface area contributed by atoms with Crippen LogP contribution in [-0.2, 0) is 4.74 Å². The third-order valence-corrected chi connectivity index (χ3v) is 5.76. The SMILES string of the molecule is Cc1cc(Nc2ncn(-c3cc(F)cc(F)c3)n2)cc(OC2CCCN(C3COC3)C2)c1. The third kappa shape index (κ3) is 4.73. The first-order chi connectivity index (χ1) is 15.5. The molecule has 9 heteroatoms. The van der Waals surface area contributed by atoms with Gasteiger partial charge in [-0.1, -0.05) is 0 Å². The van der Waals surface area contributed by atoms with E-state index >= 15 is 0 Å². The minimum atomic E-state index is -0.670. The summed E-state index contributed by atoms with van der Waals surface area (Å²) in [6, 6.07) is 9.63. The number of hydrogen-bond donors (Lipinski definition) is 1. The van der Waals surface area contributed by atoms with Crippen molar-refractivity contribution in [1.82, 2.24) is 19.7 Å². The molecule has 0 radical (unpaired) electrons. The predicted molar refractivity (Wildman–Crippen MR) is 116 cm³/mol. The van der Waals surface area contributed by atoms with Crippen LogP contribution in [0.4, 0.5) is 20.4 Å². The van der Waals surface area contributed by atoms with E-state index in [-0.39, 0.29) is 11.8 Å². The summed E-state index contributed by atoms with van der Waals surface area (Å²) < 4.78 is 40.0. The fraction of sp³-hybridized carbons (Fsp3) is 0.391. The fourth-order valence-electron chi connectivity index (χ4n) is 4.15. The molecule has 1 N–H and O–H groups in total. The molecular formula is C23H25F2N5O2. The number of ether oxygens (including phenoxy) is 2. The van der Waals surface area contributed by atoms with Crippen LogP contribution in [-0.4, -0.2) is 58.1 Å². The zero-order valence-corrected chi connectivity index (χ0v) is 17.8. The molecule has 2 aromatic carbocycles. The van der Waals surface area contributed by atoms with Crippen LogP contribution in [0.3, 0.4) is 0 Å². The van der Waals surface area contributed by atoms with E-state index in [2.05, 4.69) is 20.3 Å². The molecule has 5 rings (SSSR count). The maximum atomic E-state index is 13.5. The van der Waals surface area contributed by atoms with Gasteiger partial charge >= 0.3 is 0 Å². The molecule has 0 amide bonds. The van der Waals surface area contributed by atoms with Crippen LogP contribution in [0.1, 0.15) is 18.4 Å². The lowest BCUT2D eigenvalue weighted by molar-refractivity contribution is -0.0825. The largest absolute Gasteiger partial charge is 0.489 e. The highest BCUT2D eigenvalue weighted by molar-refractivity contribution is 5.57. The lowest BCUT2D eigenvalue weighted by Crippen LogP contribution is -2.54. The molecule has 32 heavy (non-hydrogen) atoms. The molecular weight excluding hydrogens is 416 g/mol. The van der Waals surface area contributed by atoms with Crippen molar-refractivity contribution in [1.29, 1.82) is 0 Å². The van der Waals surface area contributed by atoms with Gasteiger partial charge in [0.2, 0.25) is 5.95 Å². The van der Waals surface area contributed by atoms with Gasteiger partial charge in [0.15, 0.2) is 0 Å². The summed E-state index contributed by atoms with van der Waals surface area (Å²) in [5.41, 5.74) is 2.08. The fourth-order valence-corrected chi connectivity index (χ4v) is 4.15. The second-order valence-corrected chi connectivity index (χ2v) is 8.37. The van der Waals surface area contributed by atoms with Crippen LogP contribution in [0.2, 0.25) is 0 Å². The molecule has 2 saturated heterocycles. The van der Waals surface area contributed by atoms with Gasteiger partial charge < -0.3 is 14.8 Å². The molecule has 7 nitrogen and oxygen atoms in total. The predicted octanol–water partition coefficient (Wildman–Crippen LogP) is 3.84. The Bertz CT molecular complexity index is 1080. The van der Waals surface area contributed by atoms with Gasteiger partial charge in [-0.2, -0.15) is 4.98 Å². The lowest BCUT2D eigenvalue weighted by Gasteiger charge is -2.41. The van der Waals surface area contributed by atoms with Crippen LogP contribution >= 0.6 is 0 Å². The van der Waals surface area contributed by atoms with Crippen molar-refractivity contribution in [2.45, 2.75) is 31.9 Å². The number of nitrogens with zero attached hydrogens (tertiary/aromatic N) is 4. The molecule has 2 aliphatic heterocycles. The number of anilines is 2. The summed E-state index contributed by atoms with van der Waals surface area (Å²) in [5, 5.41) is 7.43. The summed E-state index contributed by atoms with van der Waals surface area (Å²) in [4.78, 5) is 6.66. The van der Waals surface area contributed by atoms with Crippen molar-refractivity contribution in [2.24, 2.45) is 0 Å². The molecule has 2 fully saturated rings. The number of aryl methyl sites for hydroxylation is 1. The number of halogens is 2. The highest BCUT2D eigenvalue weighted by Crippen LogP contribution is 2.27. The van der Waals surface area contributed by atoms with Gasteiger partial charge in [-0.25, -0.2) is 13.5 Å². The quantitative estimate of drug-likeness (QED) is 0.627. The molecule has 3 heterocycles. The van der Waals surface area contributed by atoms with Gasteiger partial charge in [-0.15, -0.1) is 5.10 Å². The minimum Gasteiger partial charge on any atom is -0.489 e. The molecule has 0 aliphatic carbocycles. The molecule has 1 unspecified atom stereocenters. The first kappa shape index (κ1) is 20.8. The number of likely N-dealkylation sites (tertiary alicyclic amines) is 1. The molecule has 0 spiro atoms. The molecule has 1 aromatic heterocycles. The molecule has 2 aliphatic rings. The van der Waals surface area contributed by atoms with E-state index in [1.54, 1.807) is 0 Å². The average Bonchev–Trinajstić information content (AvgIpc) is 3.14. The Morgan fingerprint density at radius 2 is 1.91 bits per heavy atom. The first-order valence-corrected chi connectivity index (χ1v) is 10.8. The Balaban J connectivity index is 1.27. The van der Waals surface area contributed by atoms with E-state index in [1.165, 1.54) is 23.1 Å². The standard InChI is InChI=1S/C23H25F2N5O2/c1-15-5-18(27-23-26-14-30(28-23)19-8-16(24)7-17(25)9-19)10-22(6-15)32-21-3-2-4-29(11-21)20-12-31-13-20/h5-10,14,20-21H,2-4,11-13H2,1H3,(H,27,28). The molecule has 1 atom stereocenters. The van der Waals surface area contributed by atoms with Gasteiger partial charge in [-0.05, 0) is 56.1 Å². The van der Waals surface area contributed by atoms with Gasteiger partial charge in [0.05, 0.1) is 24.9 Å².